The molecule has 0 unspecified atom stereocenters. The first-order valence-electron chi connectivity index (χ1n) is 6.19. The van der Waals surface area contributed by atoms with Gasteiger partial charge in [-0.25, -0.2) is 0 Å². The highest BCUT2D eigenvalue weighted by Gasteiger charge is 2.37. The van der Waals surface area contributed by atoms with Crippen molar-refractivity contribution in [2.24, 2.45) is 0 Å². The van der Waals surface area contributed by atoms with Gasteiger partial charge < -0.3 is 15.3 Å². The lowest BCUT2D eigenvalue weighted by atomic mass is 10.2. The maximum atomic E-state index is 11.9. The molecule has 0 aromatic rings. The minimum Gasteiger partial charge on any atom is -0.389 e. The first kappa shape index (κ1) is 12.8. The molecular weight excluding hydrogens is 232 g/mol. The summed E-state index contributed by atoms with van der Waals surface area (Å²) in [7, 11) is 0. The first-order valence-corrected chi connectivity index (χ1v) is 6.19. The van der Waals surface area contributed by atoms with Crippen LogP contribution in [0.3, 0.4) is 0 Å². The van der Waals surface area contributed by atoms with Crippen LogP contribution < -0.4 is 5.32 Å². The highest BCUT2D eigenvalue weighted by Crippen LogP contribution is 2.27. The SMILES string of the molecule is C/C(=C\[C@@H](C)O)C(=O)NC1=CC(=O)[C@@H]2CCCN12. The smallest absolute Gasteiger partial charge is 0.252 e. The Hall–Kier alpha value is -1.62. The van der Waals surface area contributed by atoms with Crippen molar-refractivity contribution in [2.45, 2.75) is 38.8 Å². The molecule has 0 saturated carbocycles. The van der Waals surface area contributed by atoms with Crippen molar-refractivity contribution in [1.29, 1.82) is 0 Å². The summed E-state index contributed by atoms with van der Waals surface area (Å²) in [4.78, 5) is 25.5. The summed E-state index contributed by atoms with van der Waals surface area (Å²) < 4.78 is 0. The lowest BCUT2D eigenvalue weighted by molar-refractivity contribution is -0.118. The van der Waals surface area contributed by atoms with Crippen molar-refractivity contribution in [3.63, 3.8) is 0 Å². The largest absolute Gasteiger partial charge is 0.389 e. The van der Waals surface area contributed by atoms with Gasteiger partial charge in [-0.15, -0.1) is 0 Å². The van der Waals surface area contributed by atoms with Crippen LogP contribution in [0.2, 0.25) is 0 Å². The zero-order valence-corrected chi connectivity index (χ0v) is 10.6. The van der Waals surface area contributed by atoms with Crippen molar-refractivity contribution < 1.29 is 14.7 Å². The van der Waals surface area contributed by atoms with Crippen LogP contribution in [0.5, 0.6) is 0 Å². The molecule has 0 aliphatic carbocycles. The Morgan fingerprint density at radius 1 is 1.67 bits per heavy atom. The zero-order valence-electron chi connectivity index (χ0n) is 10.6. The van der Waals surface area contributed by atoms with Crippen molar-refractivity contribution in [1.82, 2.24) is 10.2 Å². The summed E-state index contributed by atoms with van der Waals surface area (Å²) in [5.41, 5.74) is 0.445. The van der Waals surface area contributed by atoms with E-state index in [9.17, 15) is 14.7 Å². The topological polar surface area (TPSA) is 69.6 Å². The molecule has 2 aliphatic rings. The van der Waals surface area contributed by atoms with E-state index in [0.29, 0.717) is 11.4 Å². The Balaban J connectivity index is 2.04. The third-order valence-electron chi connectivity index (χ3n) is 3.26. The number of rotatable bonds is 3. The molecule has 98 valence electrons. The number of carbonyl (C=O) groups is 2. The Morgan fingerprint density at radius 2 is 2.39 bits per heavy atom. The molecule has 18 heavy (non-hydrogen) atoms. The van der Waals surface area contributed by atoms with Crippen molar-refractivity contribution in [3.05, 3.63) is 23.5 Å². The predicted octanol–water partition coefficient (Wildman–Crippen LogP) is 0.318. The van der Waals surface area contributed by atoms with E-state index >= 15 is 0 Å². The number of aliphatic hydroxyl groups is 1. The molecule has 0 aromatic carbocycles. The van der Waals surface area contributed by atoms with Crippen LogP contribution in [0.25, 0.3) is 0 Å². The first-order chi connectivity index (χ1) is 8.49. The maximum absolute atomic E-state index is 11.9. The van der Waals surface area contributed by atoms with E-state index < -0.39 is 6.10 Å². The van der Waals surface area contributed by atoms with Gasteiger partial charge in [-0.1, -0.05) is 0 Å². The zero-order chi connectivity index (χ0) is 13.3. The number of nitrogens with zero attached hydrogens (tertiary/aromatic N) is 1. The predicted molar refractivity (Wildman–Crippen MR) is 66.4 cm³/mol. The fourth-order valence-corrected chi connectivity index (χ4v) is 2.42. The average molecular weight is 250 g/mol. The summed E-state index contributed by atoms with van der Waals surface area (Å²) in [6.07, 6.45) is 4.16. The second-order valence-electron chi connectivity index (χ2n) is 4.83. The minimum atomic E-state index is -0.658. The number of fused-ring (bicyclic) bond motifs is 1. The molecule has 2 atom stereocenters. The van der Waals surface area contributed by atoms with E-state index in [1.165, 1.54) is 12.2 Å². The van der Waals surface area contributed by atoms with E-state index in [4.69, 9.17) is 0 Å². The number of aliphatic hydroxyl groups excluding tert-OH is 1. The standard InChI is InChI=1S/C13H18N2O3/c1-8(6-9(2)16)13(18)14-12-7-11(17)10-4-3-5-15(10)12/h6-7,9-10,16H,3-5H2,1-2H3,(H,14,18)/b8-6+/t9-,10+/m1/s1. The molecule has 1 fully saturated rings. The van der Waals surface area contributed by atoms with Gasteiger partial charge in [-0.2, -0.15) is 0 Å². The van der Waals surface area contributed by atoms with Gasteiger partial charge in [0.25, 0.3) is 5.91 Å². The van der Waals surface area contributed by atoms with E-state index in [2.05, 4.69) is 5.32 Å². The van der Waals surface area contributed by atoms with Gasteiger partial charge in [0.15, 0.2) is 5.78 Å². The fourth-order valence-electron chi connectivity index (χ4n) is 2.42. The summed E-state index contributed by atoms with van der Waals surface area (Å²) in [5.74, 6) is 0.383. The van der Waals surface area contributed by atoms with Gasteiger partial charge in [0.2, 0.25) is 0 Å². The molecule has 2 N–H and O–H groups in total. The number of hydrogen-bond acceptors (Lipinski definition) is 4. The van der Waals surface area contributed by atoms with Gasteiger partial charge in [0.05, 0.1) is 12.1 Å². The molecular formula is C13H18N2O3. The molecule has 2 aliphatic heterocycles. The molecule has 0 aromatic heterocycles. The Bertz CT molecular complexity index is 438. The number of hydrogen-bond donors (Lipinski definition) is 2. The van der Waals surface area contributed by atoms with E-state index in [-0.39, 0.29) is 17.7 Å². The third-order valence-corrected chi connectivity index (χ3v) is 3.26. The van der Waals surface area contributed by atoms with Crippen LogP contribution >= 0.6 is 0 Å². The minimum absolute atomic E-state index is 0.0694. The molecule has 2 heterocycles. The Labute approximate surface area is 106 Å². The average Bonchev–Trinajstić information content (AvgIpc) is 2.83. The van der Waals surface area contributed by atoms with Crippen LogP contribution in [0.15, 0.2) is 23.5 Å². The summed E-state index contributed by atoms with van der Waals surface area (Å²) in [5, 5.41) is 11.9. The maximum Gasteiger partial charge on any atom is 0.252 e. The van der Waals surface area contributed by atoms with Crippen LogP contribution in [0.4, 0.5) is 0 Å². The molecule has 1 amide bonds. The van der Waals surface area contributed by atoms with Crippen molar-refractivity contribution in [3.8, 4) is 0 Å². The van der Waals surface area contributed by atoms with E-state index in [1.54, 1.807) is 13.8 Å². The van der Waals surface area contributed by atoms with Crippen molar-refractivity contribution >= 4 is 11.7 Å². The summed E-state index contributed by atoms with van der Waals surface area (Å²) in [6, 6.07) is -0.0821. The van der Waals surface area contributed by atoms with Crippen molar-refractivity contribution in [2.75, 3.05) is 6.54 Å². The van der Waals surface area contributed by atoms with Gasteiger partial charge in [0, 0.05) is 18.2 Å². The summed E-state index contributed by atoms with van der Waals surface area (Å²) >= 11 is 0. The number of ketones is 1. The molecule has 0 bridgehead atoms. The molecule has 0 spiro atoms. The second kappa shape index (κ2) is 4.94. The summed E-state index contributed by atoms with van der Waals surface area (Å²) in [6.45, 7) is 4.04. The van der Waals surface area contributed by atoms with Gasteiger partial charge >= 0.3 is 0 Å². The highest BCUT2D eigenvalue weighted by atomic mass is 16.3. The second-order valence-corrected chi connectivity index (χ2v) is 4.83. The van der Waals surface area contributed by atoms with Crippen LogP contribution in [-0.4, -0.2) is 40.4 Å². The van der Waals surface area contributed by atoms with Gasteiger partial charge in [-0.3, -0.25) is 9.59 Å². The molecule has 1 saturated heterocycles. The fraction of sp³-hybridized carbons (Fsp3) is 0.538. The molecule has 0 radical (unpaired) electrons. The number of carbonyl (C=O) groups excluding carboxylic acids is 2. The lowest BCUT2D eigenvalue weighted by Crippen LogP contribution is -2.35. The Morgan fingerprint density at radius 3 is 3.06 bits per heavy atom. The number of nitrogens with one attached hydrogen (secondary N) is 1. The molecule has 5 heteroatoms. The normalized spacial score (nSPS) is 24.9. The van der Waals surface area contributed by atoms with Crippen LogP contribution in [-0.2, 0) is 9.59 Å². The third kappa shape index (κ3) is 2.46. The van der Waals surface area contributed by atoms with Crippen LogP contribution in [0.1, 0.15) is 26.7 Å². The monoisotopic (exact) mass is 250 g/mol. The number of amides is 1. The van der Waals surface area contributed by atoms with Gasteiger partial charge in [-0.05, 0) is 32.8 Å². The molecule has 2 rings (SSSR count). The quantitative estimate of drug-likeness (QED) is 0.708. The molecule has 5 nitrogen and oxygen atoms in total. The van der Waals surface area contributed by atoms with Crippen LogP contribution in [0, 0.1) is 0 Å². The Kier molecular flexibility index (Phi) is 3.52. The van der Waals surface area contributed by atoms with E-state index in [0.717, 1.165) is 19.4 Å². The van der Waals surface area contributed by atoms with E-state index in [1.807, 2.05) is 4.90 Å². The van der Waals surface area contributed by atoms with Gasteiger partial charge in [0.1, 0.15) is 5.82 Å². The lowest BCUT2D eigenvalue weighted by Gasteiger charge is -2.21. The highest BCUT2D eigenvalue weighted by molar-refractivity contribution is 6.00.